The van der Waals surface area contributed by atoms with E-state index in [1.165, 1.54) is 0 Å². The van der Waals surface area contributed by atoms with Crippen molar-refractivity contribution in [3.8, 4) is 0 Å². The van der Waals surface area contributed by atoms with E-state index in [9.17, 15) is 4.21 Å². The number of rotatable bonds is 7. The van der Waals surface area contributed by atoms with Crippen molar-refractivity contribution in [3.63, 3.8) is 0 Å². The molecule has 2 rings (SSSR count). The fourth-order valence-corrected chi connectivity index (χ4v) is 3.19. The number of nitrogens with zero attached hydrogens (tertiary/aromatic N) is 3. The van der Waals surface area contributed by atoms with Gasteiger partial charge in [-0.1, -0.05) is 19.0 Å². The first kappa shape index (κ1) is 17.4. The van der Waals surface area contributed by atoms with Gasteiger partial charge in [0.1, 0.15) is 6.10 Å². The molecule has 1 aliphatic heterocycles. The maximum absolute atomic E-state index is 11.3. The average molecular weight is 331 g/mol. The third-order valence-corrected chi connectivity index (χ3v) is 4.39. The summed E-state index contributed by atoms with van der Waals surface area (Å²) in [6.07, 6.45) is 3.26. The van der Waals surface area contributed by atoms with Gasteiger partial charge in [-0.05, 0) is 18.8 Å². The molecule has 8 heteroatoms. The van der Waals surface area contributed by atoms with Crippen molar-refractivity contribution in [2.24, 2.45) is 5.92 Å². The summed E-state index contributed by atoms with van der Waals surface area (Å²) in [5.41, 5.74) is 0. The highest BCUT2D eigenvalue weighted by Crippen LogP contribution is 2.27. The van der Waals surface area contributed by atoms with Crippen LogP contribution < -0.4 is 4.90 Å². The van der Waals surface area contributed by atoms with Crippen LogP contribution >= 0.6 is 0 Å². The number of hydrogen-bond donors (Lipinski definition) is 0. The molecule has 126 valence electrons. The molecular formula is C14H25N3O4S. The number of methoxy groups -OCH3 is 1. The Morgan fingerprint density at radius 3 is 2.59 bits per heavy atom. The van der Waals surface area contributed by atoms with Gasteiger partial charge in [0, 0.05) is 32.4 Å². The van der Waals surface area contributed by atoms with Gasteiger partial charge in [-0.15, -0.1) is 0 Å². The molecule has 0 saturated carbocycles. The second-order valence-electron chi connectivity index (χ2n) is 5.91. The SMILES string of the molecule is COCC(OS(C)=O)C1CCN(c2nc(C(C)C)no2)CC1. The first-order valence-corrected chi connectivity index (χ1v) is 9.07. The summed E-state index contributed by atoms with van der Waals surface area (Å²) in [4.78, 5) is 6.53. The number of aromatic nitrogens is 2. The fraction of sp³-hybridized carbons (Fsp3) is 0.857. The molecule has 1 aromatic rings. The lowest BCUT2D eigenvalue weighted by Crippen LogP contribution is -2.40. The monoisotopic (exact) mass is 331 g/mol. The van der Waals surface area contributed by atoms with Crippen LogP contribution in [0.2, 0.25) is 0 Å². The zero-order valence-corrected chi connectivity index (χ0v) is 14.5. The van der Waals surface area contributed by atoms with Crippen LogP contribution in [0.3, 0.4) is 0 Å². The fourth-order valence-electron chi connectivity index (χ4n) is 2.63. The average Bonchev–Trinajstić information content (AvgIpc) is 2.96. The van der Waals surface area contributed by atoms with Crippen LogP contribution in [0.15, 0.2) is 4.52 Å². The van der Waals surface area contributed by atoms with Crippen LogP contribution in [0.25, 0.3) is 0 Å². The third-order valence-electron chi connectivity index (χ3n) is 3.87. The van der Waals surface area contributed by atoms with Crippen LogP contribution in [0.4, 0.5) is 6.01 Å². The van der Waals surface area contributed by atoms with Crippen LogP contribution in [-0.4, -0.2) is 53.5 Å². The lowest BCUT2D eigenvalue weighted by Gasteiger charge is -2.34. The van der Waals surface area contributed by atoms with Gasteiger partial charge in [0.15, 0.2) is 16.9 Å². The van der Waals surface area contributed by atoms with Gasteiger partial charge in [0.2, 0.25) is 0 Å². The molecule has 2 atom stereocenters. The largest absolute Gasteiger partial charge is 0.382 e. The summed E-state index contributed by atoms with van der Waals surface area (Å²) < 4.78 is 27.3. The second kappa shape index (κ2) is 8.03. The molecule has 2 unspecified atom stereocenters. The van der Waals surface area contributed by atoms with E-state index < -0.39 is 11.1 Å². The summed E-state index contributed by atoms with van der Waals surface area (Å²) >= 11 is -1.28. The highest BCUT2D eigenvalue weighted by molar-refractivity contribution is 7.79. The van der Waals surface area contributed by atoms with E-state index in [4.69, 9.17) is 13.4 Å². The molecule has 0 radical (unpaired) electrons. The van der Waals surface area contributed by atoms with E-state index in [0.717, 1.165) is 31.8 Å². The Morgan fingerprint density at radius 2 is 2.09 bits per heavy atom. The van der Waals surface area contributed by atoms with Crippen LogP contribution in [0, 0.1) is 5.92 Å². The number of anilines is 1. The van der Waals surface area contributed by atoms with E-state index in [1.54, 1.807) is 13.4 Å². The van der Waals surface area contributed by atoms with Gasteiger partial charge in [0.05, 0.1) is 6.61 Å². The molecule has 22 heavy (non-hydrogen) atoms. The topological polar surface area (TPSA) is 77.7 Å². The third kappa shape index (κ3) is 4.50. The molecule has 1 saturated heterocycles. The van der Waals surface area contributed by atoms with Crippen molar-refractivity contribution in [1.29, 1.82) is 0 Å². The minimum atomic E-state index is -1.28. The van der Waals surface area contributed by atoms with Crippen LogP contribution in [0.1, 0.15) is 38.4 Å². The second-order valence-corrected chi connectivity index (χ2v) is 6.90. The van der Waals surface area contributed by atoms with Crippen molar-refractivity contribution < 1.29 is 17.7 Å². The van der Waals surface area contributed by atoms with E-state index in [0.29, 0.717) is 18.5 Å². The van der Waals surface area contributed by atoms with Crippen molar-refractivity contribution >= 4 is 17.1 Å². The Labute approximate surface area is 134 Å². The van der Waals surface area contributed by atoms with Crippen molar-refractivity contribution in [2.45, 2.75) is 38.7 Å². The molecule has 0 bridgehead atoms. The number of ether oxygens (including phenoxy) is 1. The van der Waals surface area contributed by atoms with Crippen molar-refractivity contribution in [3.05, 3.63) is 5.82 Å². The highest BCUT2D eigenvalue weighted by atomic mass is 32.2. The molecule has 0 spiro atoms. The molecule has 0 aliphatic carbocycles. The predicted octanol–water partition coefficient (Wildman–Crippen LogP) is 1.73. The first-order chi connectivity index (χ1) is 10.5. The van der Waals surface area contributed by atoms with Gasteiger partial charge in [0.25, 0.3) is 0 Å². The zero-order chi connectivity index (χ0) is 16.1. The minimum absolute atomic E-state index is 0.133. The quantitative estimate of drug-likeness (QED) is 0.753. The normalized spacial score (nSPS) is 19.6. The molecule has 7 nitrogen and oxygen atoms in total. The van der Waals surface area contributed by atoms with Crippen LogP contribution in [0.5, 0.6) is 0 Å². The maximum atomic E-state index is 11.3. The maximum Gasteiger partial charge on any atom is 0.324 e. The lowest BCUT2D eigenvalue weighted by atomic mass is 9.92. The number of hydrogen-bond acceptors (Lipinski definition) is 7. The van der Waals surface area contributed by atoms with E-state index >= 15 is 0 Å². The molecule has 0 amide bonds. The smallest absolute Gasteiger partial charge is 0.324 e. The molecule has 0 aromatic carbocycles. The van der Waals surface area contributed by atoms with E-state index in [2.05, 4.69) is 15.0 Å². The summed E-state index contributed by atoms with van der Waals surface area (Å²) in [6.45, 7) is 6.19. The predicted molar refractivity (Wildman–Crippen MR) is 84.1 cm³/mol. The Balaban J connectivity index is 1.91. The Hall–Kier alpha value is -0.990. The Kier molecular flexibility index (Phi) is 6.34. The molecular weight excluding hydrogens is 306 g/mol. The zero-order valence-electron chi connectivity index (χ0n) is 13.7. The lowest BCUT2D eigenvalue weighted by molar-refractivity contribution is 0.0437. The first-order valence-electron chi connectivity index (χ1n) is 7.59. The highest BCUT2D eigenvalue weighted by Gasteiger charge is 2.30. The summed E-state index contributed by atoms with van der Waals surface area (Å²) in [5.74, 6) is 1.32. The van der Waals surface area contributed by atoms with Crippen molar-refractivity contribution in [1.82, 2.24) is 10.1 Å². The van der Waals surface area contributed by atoms with Gasteiger partial charge < -0.3 is 14.2 Å². The molecule has 2 heterocycles. The van der Waals surface area contributed by atoms with Gasteiger partial charge >= 0.3 is 6.01 Å². The van der Waals surface area contributed by atoms with Crippen molar-refractivity contribution in [2.75, 3.05) is 38.0 Å². The van der Waals surface area contributed by atoms with E-state index in [1.807, 2.05) is 13.8 Å². The molecule has 1 aromatic heterocycles. The Morgan fingerprint density at radius 1 is 1.41 bits per heavy atom. The Bertz CT molecular complexity index is 486. The van der Waals surface area contributed by atoms with Crippen LogP contribution in [-0.2, 0) is 20.0 Å². The van der Waals surface area contributed by atoms with Gasteiger partial charge in [-0.2, -0.15) is 4.98 Å². The standard InChI is InChI=1S/C14H25N3O4S/c1-10(2)13-15-14(20-16-13)17-7-5-11(6-8-17)12(9-19-3)21-22(4)18/h10-12H,5-9H2,1-4H3. The molecule has 1 fully saturated rings. The number of piperidine rings is 1. The summed E-state index contributed by atoms with van der Waals surface area (Å²) in [5, 5.41) is 4.00. The molecule has 1 aliphatic rings. The summed E-state index contributed by atoms with van der Waals surface area (Å²) in [6, 6.07) is 0.588. The van der Waals surface area contributed by atoms with Gasteiger partial charge in [-0.3, -0.25) is 4.18 Å². The van der Waals surface area contributed by atoms with Gasteiger partial charge in [-0.25, -0.2) is 4.21 Å². The van der Waals surface area contributed by atoms with E-state index in [-0.39, 0.29) is 12.0 Å². The minimum Gasteiger partial charge on any atom is -0.382 e. The molecule has 0 N–H and O–H groups in total. The summed E-state index contributed by atoms with van der Waals surface area (Å²) in [7, 11) is 1.63.